The van der Waals surface area contributed by atoms with Gasteiger partial charge in [-0.1, -0.05) is 11.6 Å². The summed E-state index contributed by atoms with van der Waals surface area (Å²) >= 11 is 5.94. The van der Waals surface area contributed by atoms with Gasteiger partial charge >= 0.3 is 0 Å². The molecule has 80 valence electrons. The Morgan fingerprint density at radius 2 is 2.27 bits per heavy atom. The van der Waals surface area contributed by atoms with Crippen molar-refractivity contribution in [2.75, 3.05) is 17.3 Å². The number of benzene rings is 1. The largest absolute Gasteiger partial charge is 0.370 e. The molecule has 0 fully saturated rings. The molecule has 0 radical (unpaired) electrons. The maximum atomic E-state index is 11.5. The molecule has 1 amide bonds. The van der Waals surface area contributed by atoms with E-state index in [2.05, 4.69) is 10.2 Å². The number of hydrogen-bond donors (Lipinski definition) is 1. The highest BCUT2D eigenvalue weighted by atomic mass is 35.5. The molecule has 0 saturated heterocycles. The van der Waals surface area contributed by atoms with E-state index >= 15 is 0 Å². The standard InChI is InChI=1S/C11H13ClN2O/c1-7-5-11(15)13-9-4-3-8(12)6-10(9)14(7)2/h3-4,6-7H,5H2,1-2H3,(H,13,15)/t7-/m0/s1. The predicted octanol–water partition coefficient (Wildman–Crippen LogP) is 2.51. The molecule has 1 aliphatic rings. The number of rotatable bonds is 0. The summed E-state index contributed by atoms with van der Waals surface area (Å²) in [5.41, 5.74) is 1.80. The average Bonchev–Trinajstić information content (AvgIpc) is 2.27. The Labute approximate surface area is 94.0 Å². The number of nitrogens with zero attached hydrogens (tertiary/aromatic N) is 1. The SMILES string of the molecule is C[C@H]1CC(=O)Nc2ccc(Cl)cc2N1C. The van der Waals surface area contributed by atoms with Gasteiger partial charge in [0.2, 0.25) is 5.91 Å². The number of carbonyl (C=O) groups excluding carboxylic acids is 1. The average molecular weight is 225 g/mol. The molecule has 15 heavy (non-hydrogen) atoms. The predicted molar refractivity (Wildman–Crippen MR) is 62.6 cm³/mol. The van der Waals surface area contributed by atoms with Crippen LogP contribution in [0.1, 0.15) is 13.3 Å². The fraction of sp³-hybridized carbons (Fsp3) is 0.364. The van der Waals surface area contributed by atoms with E-state index < -0.39 is 0 Å². The number of nitrogens with one attached hydrogen (secondary N) is 1. The first-order chi connectivity index (χ1) is 7.08. The van der Waals surface area contributed by atoms with Crippen LogP contribution in [0.2, 0.25) is 5.02 Å². The molecule has 3 nitrogen and oxygen atoms in total. The van der Waals surface area contributed by atoms with Gasteiger partial charge in [-0.2, -0.15) is 0 Å². The lowest BCUT2D eigenvalue weighted by molar-refractivity contribution is -0.116. The molecule has 0 saturated carbocycles. The lowest BCUT2D eigenvalue weighted by atomic mass is 10.2. The smallest absolute Gasteiger partial charge is 0.226 e. The lowest BCUT2D eigenvalue weighted by Gasteiger charge is -2.24. The molecule has 1 aromatic rings. The number of hydrogen-bond acceptors (Lipinski definition) is 2. The first-order valence-electron chi connectivity index (χ1n) is 4.90. The second-order valence-electron chi connectivity index (χ2n) is 3.87. The molecule has 1 atom stereocenters. The zero-order chi connectivity index (χ0) is 11.0. The van der Waals surface area contributed by atoms with Gasteiger partial charge in [-0.25, -0.2) is 0 Å². The quantitative estimate of drug-likeness (QED) is 0.735. The van der Waals surface area contributed by atoms with Crippen molar-refractivity contribution in [1.29, 1.82) is 0 Å². The van der Waals surface area contributed by atoms with E-state index in [1.54, 1.807) is 6.07 Å². The molecule has 4 heteroatoms. The number of carbonyl (C=O) groups is 1. The van der Waals surface area contributed by atoms with Crippen LogP contribution in [0.15, 0.2) is 18.2 Å². The van der Waals surface area contributed by atoms with Gasteiger partial charge in [-0.05, 0) is 25.1 Å². The third-order valence-electron chi connectivity index (χ3n) is 2.76. The normalized spacial score (nSPS) is 20.6. The van der Waals surface area contributed by atoms with Crippen molar-refractivity contribution in [3.63, 3.8) is 0 Å². The van der Waals surface area contributed by atoms with Crippen molar-refractivity contribution in [3.05, 3.63) is 23.2 Å². The highest BCUT2D eigenvalue weighted by Crippen LogP contribution is 2.32. The Morgan fingerprint density at radius 1 is 1.53 bits per heavy atom. The number of fused-ring (bicyclic) bond motifs is 1. The van der Waals surface area contributed by atoms with E-state index in [1.807, 2.05) is 26.1 Å². The molecule has 1 aromatic carbocycles. The summed E-state index contributed by atoms with van der Waals surface area (Å²) in [5, 5.41) is 3.56. The maximum Gasteiger partial charge on any atom is 0.226 e. The van der Waals surface area contributed by atoms with E-state index in [0.717, 1.165) is 11.4 Å². The first-order valence-corrected chi connectivity index (χ1v) is 5.28. The molecule has 1 heterocycles. The van der Waals surface area contributed by atoms with Crippen LogP contribution in [-0.4, -0.2) is 19.0 Å². The van der Waals surface area contributed by atoms with Gasteiger partial charge in [0.15, 0.2) is 0 Å². The Bertz CT molecular complexity index is 406. The third-order valence-corrected chi connectivity index (χ3v) is 2.99. The maximum absolute atomic E-state index is 11.5. The molecule has 1 N–H and O–H groups in total. The highest BCUT2D eigenvalue weighted by molar-refractivity contribution is 6.31. The second kappa shape index (κ2) is 3.74. The first kappa shape index (κ1) is 10.3. The van der Waals surface area contributed by atoms with Gasteiger partial charge in [-0.3, -0.25) is 4.79 Å². The minimum absolute atomic E-state index is 0.0513. The molecular formula is C11H13ClN2O. The Balaban J connectivity index is 2.50. The fourth-order valence-electron chi connectivity index (χ4n) is 1.75. The van der Waals surface area contributed by atoms with Crippen LogP contribution >= 0.6 is 11.6 Å². The molecule has 1 aliphatic heterocycles. The minimum Gasteiger partial charge on any atom is -0.370 e. The zero-order valence-corrected chi connectivity index (χ0v) is 9.51. The van der Waals surface area contributed by atoms with Gasteiger partial charge in [0.05, 0.1) is 11.4 Å². The van der Waals surface area contributed by atoms with Crippen LogP contribution < -0.4 is 10.2 Å². The molecule has 2 rings (SSSR count). The van der Waals surface area contributed by atoms with Crippen LogP contribution in [-0.2, 0) is 4.79 Å². The molecular weight excluding hydrogens is 212 g/mol. The number of amides is 1. The molecule has 0 spiro atoms. The summed E-state index contributed by atoms with van der Waals surface area (Å²) in [6.45, 7) is 2.02. The van der Waals surface area contributed by atoms with E-state index in [4.69, 9.17) is 11.6 Å². The van der Waals surface area contributed by atoms with Gasteiger partial charge < -0.3 is 10.2 Å². The minimum atomic E-state index is 0.0513. The second-order valence-corrected chi connectivity index (χ2v) is 4.31. The van der Waals surface area contributed by atoms with E-state index in [-0.39, 0.29) is 11.9 Å². The summed E-state index contributed by atoms with van der Waals surface area (Å²) in [6, 6.07) is 5.68. The zero-order valence-electron chi connectivity index (χ0n) is 8.75. The van der Waals surface area contributed by atoms with Gasteiger partial charge in [0, 0.05) is 24.5 Å². The number of anilines is 2. The van der Waals surface area contributed by atoms with Crippen LogP contribution in [0.3, 0.4) is 0 Å². The summed E-state index contributed by atoms with van der Waals surface area (Å²) in [5.74, 6) is 0.0513. The topological polar surface area (TPSA) is 32.3 Å². The molecule has 0 unspecified atom stereocenters. The van der Waals surface area contributed by atoms with Gasteiger partial charge in [0.1, 0.15) is 0 Å². The van der Waals surface area contributed by atoms with Crippen molar-refractivity contribution >= 4 is 28.9 Å². The third kappa shape index (κ3) is 1.92. The van der Waals surface area contributed by atoms with E-state index in [1.165, 1.54) is 0 Å². The Morgan fingerprint density at radius 3 is 3.00 bits per heavy atom. The molecule has 0 aromatic heterocycles. The monoisotopic (exact) mass is 224 g/mol. The van der Waals surface area contributed by atoms with Crippen molar-refractivity contribution in [1.82, 2.24) is 0 Å². The van der Waals surface area contributed by atoms with Crippen LogP contribution in [0.4, 0.5) is 11.4 Å². The highest BCUT2D eigenvalue weighted by Gasteiger charge is 2.22. The molecule has 0 aliphatic carbocycles. The van der Waals surface area contributed by atoms with Crippen molar-refractivity contribution in [2.45, 2.75) is 19.4 Å². The molecule has 0 bridgehead atoms. The van der Waals surface area contributed by atoms with Crippen LogP contribution in [0, 0.1) is 0 Å². The van der Waals surface area contributed by atoms with Crippen LogP contribution in [0.25, 0.3) is 0 Å². The van der Waals surface area contributed by atoms with Crippen molar-refractivity contribution < 1.29 is 4.79 Å². The lowest BCUT2D eigenvalue weighted by Crippen LogP contribution is -2.29. The fourth-order valence-corrected chi connectivity index (χ4v) is 1.91. The van der Waals surface area contributed by atoms with E-state index in [0.29, 0.717) is 11.4 Å². The van der Waals surface area contributed by atoms with Crippen LogP contribution in [0.5, 0.6) is 0 Å². The summed E-state index contributed by atoms with van der Waals surface area (Å²) in [4.78, 5) is 13.6. The van der Waals surface area contributed by atoms with E-state index in [9.17, 15) is 4.79 Å². The van der Waals surface area contributed by atoms with Crippen molar-refractivity contribution in [2.24, 2.45) is 0 Å². The number of halogens is 1. The van der Waals surface area contributed by atoms with Gasteiger partial charge in [0.25, 0.3) is 0 Å². The summed E-state index contributed by atoms with van der Waals surface area (Å²) in [7, 11) is 1.97. The summed E-state index contributed by atoms with van der Waals surface area (Å²) in [6.07, 6.45) is 0.503. The van der Waals surface area contributed by atoms with Crippen molar-refractivity contribution in [3.8, 4) is 0 Å². The Kier molecular flexibility index (Phi) is 2.57. The van der Waals surface area contributed by atoms with Gasteiger partial charge in [-0.15, -0.1) is 0 Å². The Hall–Kier alpha value is -1.22. The summed E-state index contributed by atoms with van der Waals surface area (Å²) < 4.78 is 0.